The third-order valence-corrected chi connectivity index (χ3v) is 6.37. The Kier molecular flexibility index (Phi) is 7.75. The maximum atomic E-state index is 10.3. The number of aryl methyl sites for hydroxylation is 3. The predicted molar refractivity (Wildman–Crippen MR) is 132 cm³/mol. The molecule has 3 aromatic carbocycles. The minimum Gasteiger partial charge on any atom is -0.508 e. The number of rotatable bonds is 9. The molecular weight excluding hydrogens is 416 g/mol. The molecule has 1 atom stereocenters. The molecule has 176 valence electrons. The maximum Gasteiger partial charge on any atom is 0.203 e. The lowest BCUT2D eigenvalue weighted by Crippen LogP contribution is -2.02. The number of methoxy groups -OCH3 is 4. The lowest BCUT2D eigenvalue weighted by Gasteiger charge is -2.18. The van der Waals surface area contributed by atoms with E-state index in [1.54, 1.807) is 28.4 Å². The van der Waals surface area contributed by atoms with Crippen LogP contribution in [0.2, 0.25) is 0 Å². The largest absolute Gasteiger partial charge is 0.508 e. The Balaban J connectivity index is 1.89. The minimum absolute atomic E-state index is 0.140. The second kappa shape index (κ2) is 10.5. The average Bonchev–Trinajstić information content (AvgIpc) is 2.84. The van der Waals surface area contributed by atoms with Crippen molar-refractivity contribution in [2.75, 3.05) is 28.4 Å². The highest BCUT2D eigenvalue weighted by Crippen LogP contribution is 2.39. The van der Waals surface area contributed by atoms with Crippen LogP contribution in [0.15, 0.2) is 42.5 Å². The van der Waals surface area contributed by atoms with Gasteiger partial charge in [0.2, 0.25) is 5.75 Å². The predicted octanol–water partition coefficient (Wildman–Crippen LogP) is 5.98. The summed E-state index contributed by atoms with van der Waals surface area (Å²) in [4.78, 5) is 0. The molecule has 0 aliphatic carbocycles. The van der Waals surface area contributed by atoms with Crippen molar-refractivity contribution in [1.82, 2.24) is 0 Å². The molecule has 1 unspecified atom stereocenters. The fourth-order valence-electron chi connectivity index (χ4n) is 4.13. The molecule has 0 saturated carbocycles. The highest BCUT2D eigenvalue weighted by Gasteiger charge is 2.16. The van der Waals surface area contributed by atoms with Crippen molar-refractivity contribution < 1.29 is 24.1 Å². The Morgan fingerprint density at radius 1 is 0.727 bits per heavy atom. The molecule has 5 nitrogen and oxygen atoms in total. The first-order chi connectivity index (χ1) is 15.8. The van der Waals surface area contributed by atoms with E-state index in [1.165, 1.54) is 5.56 Å². The smallest absolute Gasteiger partial charge is 0.203 e. The van der Waals surface area contributed by atoms with Gasteiger partial charge in [-0.05, 0) is 84.3 Å². The lowest BCUT2D eigenvalue weighted by molar-refractivity contribution is 0.324. The second-order valence-electron chi connectivity index (χ2n) is 8.31. The van der Waals surface area contributed by atoms with E-state index in [0.717, 1.165) is 46.4 Å². The van der Waals surface area contributed by atoms with Gasteiger partial charge >= 0.3 is 0 Å². The summed E-state index contributed by atoms with van der Waals surface area (Å²) in [6, 6.07) is 14.3. The first kappa shape index (κ1) is 24.3. The maximum absolute atomic E-state index is 10.3. The zero-order valence-electron chi connectivity index (χ0n) is 20.6. The third-order valence-electron chi connectivity index (χ3n) is 6.37. The number of phenols is 1. The van der Waals surface area contributed by atoms with Gasteiger partial charge in [-0.1, -0.05) is 25.1 Å². The zero-order valence-corrected chi connectivity index (χ0v) is 20.6. The number of phenolic OH excluding ortho intramolecular Hbond substituents is 1. The third kappa shape index (κ3) is 5.19. The van der Waals surface area contributed by atoms with Crippen molar-refractivity contribution in [3.05, 3.63) is 75.8 Å². The standard InChI is InChI=1S/C28H34O5/c1-17-12-23(16-24(29)18(17)2)19(3)21-10-11-25(30-4)22(15-21)9-8-20-13-26(31-5)28(33-7)27(14-20)32-6/h10-16,19,29H,8-9H2,1-7H3. The van der Waals surface area contributed by atoms with E-state index in [4.69, 9.17) is 18.9 Å². The Labute approximate surface area is 196 Å². The van der Waals surface area contributed by atoms with Crippen molar-refractivity contribution in [1.29, 1.82) is 0 Å². The van der Waals surface area contributed by atoms with Crippen LogP contribution < -0.4 is 18.9 Å². The summed E-state index contributed by atoms with van der Waals surface area (Å²) < 4.78 is 22.1. The highest BCUT2D eigenvalue weighted by atomic mass is 16.5. The van der Waals surface area contributed by atoms with Gasteiger partial charge in [0.15, 0.2) is 11.5 Å². The summed E-state index contributed by atoms with van der Waals surface area (Å²) in [7, 11) is 6.55. The molecule has 0 amide bonds. The minimum atomic E-state index is 0.140. The molecule has 0 radical (unpaired) electrons. The number of ether oxygens (including phenoxy) is 4. The van der Waals surface area contributed by atoms with Crippen molar-refractivity contribution in [3.63, 3.8) is 0 Å². The van der Waals surface area contributed by atoms with Gasteiger partial charge in [-0.15, -0.1) is 0 Å². The SMILES string of the molecule is COc1ccc(C(C)c2cc(C)c(C)c(O)c2)cc1CCc1cc(OC)c(OC)c(OC)c1. The second-order valence-corrected chi connectivity index (χ2v) is 8.31. The van der Waals surface area contributed by atoms with Crippen LogP contribution in [0.1, 0.15) is 46.2 Å². The topological polar surface area (TPSA) is 57.2 Å². The van der Waals surface area contributed by atoms with Crippen LogP contribution in [0, 0.1) is 13.8 Å². The fraction of sp³-hybridized carbons (Fsp3) is 0.357. The normalized spacial score (nSPS) is 11.7. The molecule has 0 bridgehead atoms. The summed E-state index contributed by atoms with van der Waals surface area (Å²) in [5.41, 5.74) is 6.50. The van der Waals surface area contributed by atoms with E-state index in [9.17, 15) is 5.11 Å². The summed E-state index contributed by atoms with van der Waals surface area (Å²) >= 11 is 0. The van der Waals surface area contributed by atoms with Crippen LogP contribution >= 0.6 is 0 Å². The first-order valence-corrected chi connectivity index (χ1v) is 11.1. The van der Waals surface area contributed by atoms with Gasteiger partial charge in [-0.3, -0.25) is 0 Å². The van der Waals surface area contributed by atoms with Crippen molar-refractivity contribution in [3.8, 4) is 28.7 Å². The molecule has 5 heteroatoms. The van der Waals surface area contributed by atoms with Gasteiger partial charge in [-0.25, -0.2) is 0 Å². The van der Waals surface area contributed by atoms with Gasteiger partial charge < -0.3 is 24.1 Å². The van der Waals surface area contributed by atoms with Gasteiger partial charge in [0.1, 0.15) is 11.5 Å². The van der Waals surface area contributed by atoms with E-state index in [1.807, 2.05) is 38.1 Å². The quantitative estimate of drug-likeness (QED) is 0.435. The van der Waals surface area contributed by atoms with Crippen LogP contribution in [-0.2, 0) is 12.8 Å². The zero-order chi connectivity index (χ0) is 24.1. The monoisotopic (exact) mass is 450 g/mol. The Morgan fingerprint density at radius 3 is 1.91 bits per heavy atom. The molecule has 33 heavy (non-hydrogen) atoms. The van der Waals surface area contributed by atoms with E-state index in [-0.39, 0.29) is 5.92 Å². The van der Waals surface area contributed by atoms with Gasteiger partial charge in [0.05, 0.1) is 28.4 Å². The van der Waals surface area contributed by atoms with Crippen LogP contribution in [0.5, 0.6) is 28.7 Å². The number of benzene rings is 3. The summed E-state index contributed by atoms with van der Waals surface area (Å²) in [5.74, 6) is 3.23. The van der Waals surface area contributed by atoms with Crippen LogP contribution in [0.4, 0.5) is 0 Å². The lowest BCUT2D eigenvalue weighted by atomic mass is 9.89. The van der Waals surface area contributed by atoms with Gasteiger partial charge in [0.25, 0.3) is 0 Å². The van der Waals surface area contributed by atoms with Gasteiger partial charge in [-0.2, -0.15) is 0 Å². The average molecular weight is 451 g/mol. The first-order valence-electron chi connectivity index (χ1n) is 11.1. The van der Waals surface area contributed by atoms with E-state index < -0.39 is 0 Å². The molecule has 0 saturated heterocycles. The number of hydrogen-bond acceptors (Lipinski definition) is 5. The molecule has 0 fully saturated rings. The Bertz CT molecular complexity index is 1070. The molecule has 0 aliphatic heterocycles. The molecular formula is C28H34O5. The molecule has 3 rings (SSSR count). The number of aromatic hydroxyl groups is 1. The van der Waals surface area contributed by atoms with E-state index >= 15 is 0 Å². The Morgan fingerprint density at radius 2 is 1.36 bits per heavy atom. The van der Waals surface area contributed by atoms with Crippen LogP contribution in [0.3, 0.4) is 0 Å². The molecule has 1 N–H and O–H groups in total. The summed E-state index contributed by atoms with van der Waals surface area (Å²) in [6.45, 7) is 6.13. The van der Waals surface area contributed by atoms with Crippen molar-refractivity contribution >= 4 is 0 Å². The van der Waals surface area contributed by atoms with E-state index in [2.05, 4.69) is 25.1 Å². The van der Waals surface area contributed by atoms with E-state index in [0.29, 0.717) is 23.0 Å². The molecule has 3 aromatic rings. The van der Waals surface area contributed by atoms with Crippen molar-refractivity contribution in [2.24, 2.45) is 0 Å². The number of hydrogen-bond donors (Lipinski definition) is 1. The Hall–Kier alpha value is -3.34. The molecule has 0 aliphatic rings. The van der Waals surface area contributed by atoms with Crippen LogP contribution in [-0.4, -0.2) is 33.5 Å². The molecule has 0 spiro atoms. The summed E-state index contributed by atoms with van der Waals surface area (Å²) in [6.07, 6.45) is 1.58. The van der Waals surface area contributed by atoms with Gasteiger partial charge in [0, 0.05) is 5.92 Å². The summed E-state index contributed by atoms with van der Waals surface area (Å²) in [5, 5.41) is 10.3. The molecule has 0 heterocycles. The van der Waals surface area contributed by atoms with Crippen molar-refractivity contribution in [2.45, 2.75) is 39.5 Å². The highest BCUT2D eigenvalue weighted by molar-refractivity contribution is 5.54. The fourth-order valence-corrected chi connectivity index (χ4v) is 4.13. The van der Waals surface area contributed by atoms with Crippen LogP contribution in [0.25, 0.3) is 0 Å². The molecule has 0 aromatic heterocycles.